The van der Waals surface area contributed by atoms with Crippen LogP contribution in [0.25, 0.3) is 0 Å². The van der Waals surface area contributed by atoms with Crippen LogP contribution in [0.5, 0.6) is 0 Å². The van der Waals surface area contributed by atoms with Crippen LogP contribution in [0.4, 0.5) is 0 Å². The fraction of sp³-hybridized carbons (Fsp3) is 0.667. The summed E-state index contributed by atoms with van der Waals surface area (Å²) in [6.07, 6.45) is -0.0212. The van der Waals surface area contributed by atoms with Gasteiger partial charge < -0.3 is 0 Å². The third-order valence-electron chi connectivity index (χ3n) is 0.622. The zero-order chi connectivity index (χ0) is 7.49. The molecule has 0 radical (unpaired) electrons. The van der Waals surface area contributed by atoms with Crippen LogP contribution in [0.15, 0.2) is 0 Å². The van der Waals surface area contributed by atoms with E-state index in [1.54, 1.807) is 0 Å². The van der Waals surface area contributed by atoms with Crippen molar-refractivity contribution < 1.29 is 9.90 Å². The predicted molar refractivity (Wildman–Crippen MR) is 40.4 cm³/mol. The van der Waals surface area contributed by atoms with Crippen molar-refractivity contribution >= 4 is 47.7 Å². The Hall–Kier alpha value is 1.14. The van der Waals surface area contributed by atoms with Gasteiger partial charge in [-0.1, -0.05) is 0 Å². The van der Waals surface area contributed by atoms with Gasteiger partial charge in [-0.15, -0.1) is 0 Å². The quantitative estimate of drug-likeness (QED) is 0.810. The molecule has 0 fully saturated rings. The molecule has 0 bridgehead atoms. The van der Waals surface area contributed by atoms with Crippen molar-refractivity contribution in [3.63, 3.8) is 0 Å². The molecule has 0 aromatic carbocycles. The van der Waals surface area contributed by atoms with E-state index in [0.29, 0.717) is 0 Å². The Balaban J connectivity index is 3.39. The summed E-state index contributed by atoms with van der Waals surface area (Å²) < 4.78 is 0.259. The Morgan fingerprint density at radius 3 is 2.00 bits per heavy atom. The fourth-order valence-corrected chi connectivity index (χ4v) is 3.57. The van der Waals surface area contributed by atoms with Crippen molar-refractivity contribution in [1.29, 1.82) is 0 Å². The van der Waals surface area contributed by atoms with Gasteiger partial charge in [-0.2, -0.15) is 0 Å². The van der Waals surface area contributed by atoms with Crippen LogP contribution in [-0.2, 0) is 4.79 Å². The number of aliphatic carboxylic acids is 1. The molecule has 2 nitrogen and oxygen atoms in total. The van der Waals surface area contributed by atoms with E-state index in [0.717, 1.165) is 0 Å². The topological polar surface area (TPSA) is 37.3 Å². The van der Waals surface area contributed by atoms with E-state index < -0.39 is 21.0 Å². The van der Waals surface area contributed by atoms with Gasteiger partial charge in [0.25, 0.3) is 0 Å². The van der Waals surface area contributed by atoms with Crippen LogP contribution in [0.3, 0.4) is 0 Å². The van der Waals surface area contributed by atoms with E-state index in [4.69, 9.17) is 31.9 Å². The van der Waals surface area contributed by atoms with Crippen LogP contribution >= 0.6 is 26.8 Å². The first kappa shape index (κ1) is 10.1. The molecule has 0 amide bonds. The van der Waals surface area contributed by atoms with Gasteiger partial charge in [-0.05, 0) is 0 Å². The van der Waals surface area contributed by atoms with Crippen molar-refractivity contribution in [3.05, 3.63) is 0 Å². The van der Waals surface area contributed by atoms with Gasteiger partial charge in [0.05, 0.1) is 0 Å². The van der Waals surface area contributed by atoms with Crippen molar-refractivity contribution in [2.45, 2.75) is 10.9 Å². The van der Waals surface area contributed by atoms with Crippen molar-refractivity contribution in [1.82, 2.24) is 0 Å². The molecule has 0 aromatic rings. The molecule has 0 rings (SSSR count). The third kappa shape index (κ3) is 9.14. The van der Waals surface area contributed by atoms with E-state index in [9.17, 15) is 4.79 Å². The van der Waals surface area contributed by atoms with Gasteiger partial charge in [0, 0.05) is 0 Å². The molecule has 9 heavy (non-hydrogen) atoms. The zero-order valence-corrected chi connectivity index (χ0v) is 9.53. The molecule has 0 aliphatic heterocycles. The number of carboxylic acid groups (broad SMARTS) is 1. The van der Waals surface area contributed by atoms with Crippen LogP contribution in [0, 0.1) is 0 Å². The number of carboxylic acids is 1. The molecule has 54 valence electrons. The normalized spacial score (nSPS) is 11.4. The number of carbonyl (C=O) groups is 1. The molecule has 0 spiro atoms. The molecule has 0 saturated heterocycles. The molecule has 1 N–H and O–H groups in total. The standard InChI is InChI=1S/C3H5O2.3ClH.Sn/c1-2-3(4)5;;;;/h1-2H2,(H,4,5);3*1H;/q;;;;+3/p-3. The summed E-state index contributed by atoms with van der Waals surface area (Å²) in [5.41, 5.74) is 0. The van der Waals surface area contributed by atoms with E-state index >= 15 is 0 Å². The molecule has 0 unspecified atom stereocenters. The summed E-state index contributed by atoms with van der Waals surface area (Å²) in [6, 6.07) is 0. The molecule has 0 heterocycles. The van der Waals surface area contributed by atoms with Crippen LogP contribution in [-0.4, -0.2) is 26.1 Å². The number of halogens is 3. The van der Waals surface area contributed by atoms with Crippen LogP contribution in [0.1, 0.15) is 6.42 Å². The first-order chi connectivity index (χ1) is 3.92. The van der Waals surface area contributed by atoms with Crippen molar-refractivity contribution in [2.24, 2.45) is 0 Å². The summed E-state index contributed by atoms with van der Waals surface area (Å²) in [5.74, 6) is -0.905. The van der Waals surface area contributed by atoms with E-state index in [1.165, 1.54) is 0 Å². The summed E-state index contributed by atoms with van der Waals surface area (Å²) >= 11 is -3.33. The Morgan fingerprint density at radius 2 is 1.89 bits per heavy atom. The molecular formula is C3H5Cl3O2Sn. The van der Waals surface area contributed by atoms with Gasteiger partial charge in [-0.25, -0.2) is 0 Å². The molecule has 0 aliphatic rings. The Kier molecular flexibility index (Phi) is 4.63. The van der Waals surface area contributed by atoms with E-state index in [1.807, 2.05) is 0 Å². The van der Waals surface area contributed by atoms with Gasteiger partial charge in [0.1, 0.15) is 0 Å². The SMILES string of the molecule is O=C(O)C[CH2][Sn]([Cl])([Cl])[Cl]. The van der Waals surface area contributed by atoms with Gasteiger partial charge in [-0.3, -0.25) is 0 Å². The number of hydrogen-bond donors (Lipinski definition) is 1. The number of hydrogen-bond acceptors (Lipinski definition) is 1. The summed E-state index contributed by atoms with van der Waals surface area (Å²) in [7, 11) is 16.4. The second-order valence-corrected chi connectivity index (χ2v) is 23.3. The van der Waals surface area contributed by atoms with Gasteiger partial charge >= 0.3 is 68.5 Å². The first-order valence-corrected chi connectivity index (χ1v) is 15.1. The Morgan fingerprint density at radius 1 is 1.44 bits per heavy atom. The van der Waals surface area contributed by atoms with E-state index in [-0.39, 0.29) is 10.9 Å². The molecule has 6 heteroatoms. The molecule has 0 saturated carbocycles. The predicted octanol–water partition coefficient (Wildman–Crippen LogP) is 2.12. The van der Waals surface area contributed by atoms with E-state index in [2.05, 4.69) is 0 Å². The molecular weight excluding hydrogens is 293 g/mol. The first-order valence-electron chi connectivity index (χ1n) is 2.20. The maximum absolute atomic E-state index is 9.90. The molecule has 0 atom stereocenters. The number of rotatable bonds is 3. The Bertz CT molecular complexity index is 110. The fourth-order valence-electron chi connectivity index (χ4n) is 0.249. The van der Waals surface area contributed by atoms with Crippen molar-refractivity contribution in [3.8, 4) is 0 Å². The second kappa shape index (κ2) is 4.11. The average molecular weight is 298 g/mol. The summed E-state index contributed by atoms with van der Waals surface area (Å²) in [6.45, 7) is 0. The van der Waals surface area contributed by atoms with Gasteiger partial charge in [0.2, 0.25) is 0 Å². The molecule has 0 aliphatic carbocycles. The summed E-state index contributed by atoms with van der Waals surface area (Å²) in [4.78, 5) is 9.90. The van der Waals surface area contributed by atoms with Crippen LogP contribution < -0.4 is 0 Å². The molecule has 0 aromatic heterocycles. The van der Waals surface area contributed by atoms with Crippen LogP contribution in [0.2, 0.25) is 4.44 Å². The average Bonchev–Trinajstić information content (AvgIpc) is 1.59. The van der Waals surface area contributed by atoms with Crippen molar-refractivity contribution in [2.75, 3.05) is 0 Å². The minimum atomic E-state index is -3.33. The minimum absolute atomic E-state index is 0.0212. The van der Waals surface area contributed by atoms with Gasteiger partial charge in [0.15, 0.2) is 0 Å². The second-order valence-electron chi connectivity index (χ2n) is 1.51. The monoisotopic (exact) mass is 298 g/mol. The third-order valence-corrected chi connectivity index (χ3v) is 6.76. The zero-order valence-electron chi connectivity index (χ0n) is 4.40. The Labute approximate surface area is 68.1 Å². The maximum atomic E-state index is 9.90. The summed E-state index contributed by atoms with van der Waals surface area (Å²) in [5, 5.41) is 8.13.